The molecule has 0 saturated heterocycles. The maximum Gasteiger partial charge on any atom is 0.416 e. The van der Waals surface area contributed by atoms with Crippen molar-refractivity contribution in [2.45, 2.75) is 19.6 Å². The van der Waals surface area contributed by atoms with Gasteiger partial charge in [-0.15, -0.1) is 11.3 Å². The Balaban J connectivity index is 1.73. The van der Waals surface area contributed by atoms with E-state index in [4.69, 9.17) is 4.74 Å². The van der Waals surface area contributed by atoms with E-state index in [2.05, 4.69) is 17.4 Å². The number of ether oxygens (including phenoxy) is 1. The standard InChI is InChI=1S/C15H16F3NOS/c1-11-5-6-14(21-11)10-19-7-8-20-13-4-2-3-12(9-13)15(16,17)18/h2-6,9,19H,7-8,10H2,1H3. The lowest BCUT2D eigenvalue weighted by Crippen LogP contribution is -2.20. The molecule has 1 heterocycles. The number of halogens is 3. The van der Waals surface area contributed by atoms with Gasteiger partial charge in [-0.3, -0.25) is 0 Å². The van der Waals surface area contributed by atoms with E-state index in [1.807, 2.05) is 6.92 Å². The Kier molecular flexibility index (Phi) is 5.25. The third kappa shape index (κ3) is 5.06. The fraction of sp³-hybridized carbons (Fsp3) is 0.333. The normalized spacial score (nSPS) is 11.6. The van der Waals surface area contributed by atoms with Gasteiger partial charge in [0.15, 0.2) is 0 Å². The van der Waals surface area contributed by atoms with Gasteiger partial charge in [-0.2, -0.15) is 13.2 Å². The molecule has 0 spiro atoms. The van der Waals surface area contributed by atoms with Gasteiger partial charge in [0.05, 0.1) is 5.56 Å². The van der Waals surface area contributed by atoms with Crippen LogP contribution in [0.2, 0.25) is 0 Å². The Morgan fingerprint density at radius 2 is 2.00 bits per heavy atom. The highest BCUT2D eigenvalue weighted by atomic mass is 32.1. The highest BCUT2D eigenvalue weighted by molar-refractivity contribution is 7.11. The number of alkyl halides is 3. The first kappa shape index (κ1) is 15.9. The van der Waals surface area contributed by atoms with Crippen LogP contribution in [-0.4, -0.2) is 13.2 Å². The van der Waals surface area contributed by atoms with Crippen molar-refractivity contribution in [1.29, 1.82) is 0 Å². The molecule has 0 atom stereocenters. The van der Waals surface area contributed by atoms with Gasteiger partial charge in [-0.25, -0.2) is 0 Å². The van der Waals surface area contributed by atoms with Crippen molar-refractivity contribution in [3.05, 3.63) is 51.7 Å². The number of hydrogen-bond acceptors (Lipinski definition) is 3. The zero-order chi connectivity index (χ0) is 15.3. The Bertz CT molecular complexity index is 580. The summed E-state index contributed by atoms with van der Waals surface area (Å²) in [5.74, 6) is 0.235. The van der Waals surface area contributed by atoms with Crippen LogP contribution in [0.3, 0.4) is 0 Å². The highest BCUT2D eigenvalue weighted by Gasteiger charge is 2.30. The van der Waals surface area contributed by atoms with Gasteiger partial charge >= 0.3 is 6.18 Å². The van der Waals surface area contributed by atoms with Crippen LogP contribution in [0.5, 0.6) is 5.75 Å². The lowest BCUT2D eigenvalue weighted by atomic mass is 10.2. The number of thiophene rings is 1. The maximum absolute atomic E-state index is 12.5. The molecule has 0 radical (unpaired) electrons. The number of nitrogens with one attached hydrogen (secondary N) is 1. The number of benzene rings is 1. The third-order valence-electron chi connectivity index (χ3n) is 2.80. The second kappa shape index (κ2) is 6.95. The molecule has 2 rings (SSSR count). The molecule has 1 aromatic carbocycles. The molecule has 0 unspecified atom stereocenters. The van der Waals surface area contributed by atoms with Gasteiger partial charge in [-0.1, -0.05) is 6.07 Å². The molecule has 0 aliphatic rings. The third-order valence-corrected chi connectivity index (χ3v) is 3.80. The Morgan fingerprint density at radius 1 is 1.19 bits per heavy atom. The predicted octanol–water partition coefficient (Wildman–Crippen LogP) is 4.24. The van der Waals surface area contributed by atoms with Crippen LogP contribution in [0.25, 0.3) is 0 Å². The molecule has 2 nitrogen and oxygen atoms in total. The molecule has 114 valence electrons. The summed E-state index contributed by atoms with van der Waals surface area (Å²) in [7, 11) is 0. The van der Waals surface area contributed by atoms with E-state index in [1.165, 1.54) is 21.9 Å². The topological polar surface area (TPSA) is 21.3 Å². The fourth-order valence-corrected chi connectivity index (χ4v) is 2.65. The Hall–Kier alpha value is -1.53. The average molecular weight is 315 g/mol. The SMILES string of the molecule is Cc1ccc(CNCCOc2cccc(C(F)(F)F)c2)s1. The summed E-state index contributed by atoms with van der Waals surface area (Å²) >= 11 is 1.72. The van der Waals surface area contributed by atoms with Crippen LogP contribution in [0, 0.1) is 6.92 Å². The van der Waals surface area contributed by atoms with Crippen LogP contribution < -0.4 is 10.1 Å². The molecule has 2 aromatic rings. The lowest BCUT2D eigenvalue weighted by molar-refractivity contribution is -0.137. The van der Waals surface area contributed by atoms with Gasteiger partial charge in [-0.05, 0) is 37.3 Å². The van der Waals surface area contributed by atoms with Gasteiger partial charge in [0.25, 0.3) is 0 Å². The molecule has 6 heteroatoms. The molecule has 0 aliphatic heterocycles. The van der Waals surface area contributed by atoms with Gasteiger partial charge in [0, 0.05) is 22.8 Å². The van der Waals surface area contributed by atoms with E-state index in [0.717, 1.165) is 18.7 Å². The van der Waals surface area contributed by atoms with Gasteiger partial charge < -0.3 is 10.1 Å². The van der Waals surface area contributed by atoms with Crippen LogP contribution in [0.15, 0.2) is 36.4 Å². The lowest BCUT2D eigenvalue weighted by Gasteiger charge is -2.10. The fourth-order valence-electron chi connectivity index (χ4n) is 1.79. The molecular weight excluding hydrogens is 299 g/mol. The van der Waals surface area contributed by atoms with Crippen molar-refractivity contribution >= 4 is 11.3 Å². The van der Waals surface area contributed by atoms with Crippen molar-refractivity contribution < 1.29 is 17.9 Å². The highest BCUT2D eigenvalue weighted by Crippen LogP contribution is 2.31. The van der Waals surface area contributed by atoms with Crippen LogP contribution in [0.1, 0.15) is 15.3 Å². The van der Waals surface area contributed by atoms with Crippen molar-refractivity contribution in [2.75, 3.05) is 13.2 Å². The van der Waals surface area contributed by atoms with Gasteiger partial charge in [0.1, 0.15) is 12.4 Å². The first-order chi connectivity index (χ1) is 9.95. The summed E-state index contributed by atoms with van der Waals surface area (Å²) < 4.78 is 42.9. The summed E-state index contributed by atoms with van der Waals surface area (Å²) in [5.41, 5.74) is -0.693. The number of hydrogen-bond donors (Lipinski definition) is 1. The molecule has 0 saturated carbocycles. The minimum Gasteiger partial charge on any atom is -0.492 e. The summed E-state index contributed by atoms with van der Waals surface area (Å²) in [6.45, 7) is 3.69. The van der Waals surface area contributed by atoms with E-state index in [0.29, 0.717) is 13.2 Å². The summed E-state index contributed by atoms with van der Waals surface area (Å²) in [6.07, 6.45) is -4.34. The van der Waals surface area contributed by atoms with Crippen molar-refractivity contribution in [3.63, 3.8) is 0 Å². The number of aryl methyl sites for hydroxylation is 1. The van der Waals surface area contributed by atoms with Crippen LogP contribution in [-0.2, 0) is 12.7 Å². The summed E-state index contributed by atoms with van der Waals surface area (Å²) in [6, 6.07) is 9.03. The molecule has 0 amide bonds. The first-order valence-corrected chi connectivity index (χ1v) is 7.33. The zero-order valence-electron chi connectivity index (χ0n) is 11.5. The minimum absolute atomic E-state index is 0.235. The predicted molar refractivity (Wildman–Crippen MR) is 77.7 cm³/mol. The Morgan fingerprint density at radius 3 is 2.67 bits per heavy atom. The quantitative estimate of drug-likeness (QED) is 0.805. The van der Waals surface area contributed by atoms with E-state index in [9.17, 15) is 13.2 Å². The molecular formula is C15H16F3NOS. The molecule has 0 aliphatic carbocycles. The minimum atomic E-state index is -4.34. The average Bonchev–Trinajstić information content (AvgIpc) is 2.83. The summed E-state index contributed by atoms with van der Waals surface area (Å²) in [4.78, 5) is 2.48. The van der Waals surface area contributed by atoms with Crippen LogP contribution >= 0.6 is 11.3 Å². The number of rotatable bonds is 6. The maximum atomic E-state index is 12.5. The monoisotopic (exact) mass is 315 g/mol. The molecule has 1 aromatic heterocycles. The Labute approximate surface area is 125 Å². The molecule has 0 bridgehead atoms. The summed E-state index contributed by atoms with van der Waals surface area (Å²) in [5, 5.41) is 3.19. The van der Waals surface area contributed by atoms with Crippen LogP contribution in [0.4, 0.5) is 13.2 Å². The van der Waals surface area contributed by atoms with E-state index in [1.54, 1.807) is 11.3 Å². The molecule has 21 heavy (non-hydrogen) atoms. The largest absolute Gasteiger partial charge is 0.492 e. The van der Waals surface area contributed by atoms with E-state index >= 15 is 0 Å². The van der Waals surface area contributed by atoms with Gasteiger partial charge in [0.2, 0.25) is 0 Å². The zero-order valence-corrected chi connectivity index (χ0v) is 12.4. The second-order valence-corrected chi connectivity index (χ2v) is 5.94. The first-order valence-electron chi connectivity index (χ1n) is 6.51. The van der Waals surface area contributed by atoms with E-state index in [-0.39, 0.29) is 5.75 Å². The second-order valence-electron chi connectivity index (χ2n) is 4.56. The van der Waals surface area contributed by atoms with Crippen molar-refractivity contribution in [2.24, 2.45) is 0 Å². The van der Waals surface area contributed by atoms with E-state index < -0.39 is 11.7 Å². The van der Waals surface area contributed by atoms with Crippen molar-refractivity contribution in [1.82, 2.24) is 5.32 Å². The molecule has 0 fully saturated rings. The van der Waals surface area contributed by atoms with Crippen molar-refractivity contribution in [3.8, 4) is 5.75 Å². The smallest absolute Gasteiger partial charge is 0.416 e. The molecule has 1 N–H and O–H groups in total.